The van der Waals surface area contributed by atoms with E-state index in [0.29, 0.717) is 0 Å². The van der Waals surface area contributed by atoms with Gasteiger partial charge in [-0.1, -0.05) is 29.8 Å². The minimum Gasteiger partial charge on any atom is -0.454 e. The standard InChI is InChI=1S/C18H18ClN3O.ClH/c1-21-9-10-22(18(19)12-21)15-6-4-8-16-13(15)11-20-14-5-2-3-7-17(14)23-16;/h2-8,11,18H,9-10,12H2,1H3;1H. The molecule has 0 radical (unpaired) electrons. The Bertz CT molecular complexity index is 766. The van der Waals surface area contributed by atoms with Crippen LogP contribution in [0.4, 0.5) is 11.4 Å². The normalized spacial score (nSPS) is 19.6. The molecule has 0 aliphatic carbocycles. The summed E-state index contributed by atoms with van der Waals surface area (Å²) in [6.07, 6.45) is 1.89. The number of aliphatic imine (C=N–C) groups is 1. The summed E-state index contributed by atoms with van der Waals surface area (Å²) < 4.78 is 6.09. The molecule has 24 heavy (non-hydrogen) atoms. The summed E-state index contributed by atoms with van der Waals surface area (Å²) >= 11 is 6.58. The molecule has 2 aliphatic rings. The molecule has 1 saturated heterocycles. The molecule has 2 aliphatic heterocycles. The smallest absolute Gasteiger partial charge is 0.153 e. The van der Waals surface area contributed by atoms with Crippen molar-refractivity contribution in [3.8, 4) is 11.5 Å². The van der Waals surface area contributed by atoms with Crippen LogP contribution in [-0.4, -0.2) is 43.3 Å². The van der Waals surface area contributed by atoms with Crippen molar-refractivity contribution in [2.24, 2.45) is 4.99 Å². The Morgan fingerprint density at radius 3 is 2.71 bits per heavy atom. The summed E-state index contributed by atoms with van der Waals surface area (Å²) in [5, 5.41) is 0. The van der Waals surface area contributed by atoms with Crippen molar-refractivity contribution in [3.63, 3.8) is 0 Å². The molecular formula is C18H19Cl2N3O. The third-order valence-electron chi connectivity index (χ3n) is 4.29. The molecule has 0 bridgehead atoms. The molecule has 2 aromatic rings. The molecule has 6 heteroatoms. The van der Waals surface area contributed by atoms with E-state index in [4.69, 9.17) is 16.3 Å². The highest BCUT2D eigenvalue weighted by atomic mass is 35.5. The highest BCUT2D eigenvalue weighted by Crippen LogP contribution is 2.39. The van der Waals surface area contributed by atoms with Crippen LogP contribution < -0.4 is 9.64 Å². The first kappa shape index (κ1) is 17.1. The summed E-state index contributed by atoms with van der Waals surface area (Å²) in [6.45, 7) is 2.72. The number of benzene rings is 2. The minimum absolute atomic E-state index is 0. The lowest BCUT2D eigenvalue weighted by Crippen LogP contribution is -2.49. The molecule has 1 unspecified atom stereocenters. The van der Waals surface area contributed by atoms with E-state index < -0.39 is 0 Å². The van der Waals surface area contributed by atoms with Gasteiger partial charge in [0.05, 0.1) is 11.3 Å². The Hall–Kier alpha value is -1.75. The third kappa shape index (κ3) is 3.09. The number of hydrogen-bond acceptors (Lipinski definition) is 4. The topological polar surface area (TPSA) is 28.1 Å². The molecule has 2 heterocycles. The molecular weight excluding hydrogens is 345 g/mol. The lowest BCUT2D eigenvalue weighted by Gasteiger charge is -2.39. The molecule has 4 rings (SSSR count). The maximum Gasteiger partial charge on any atom is 0.153 e. The van der Waals surface area contributed by atoms with Crippen LogP contribution in [-0.2, 0) is 0 Å². The van der Waals surface area contributed by atoms with Crippen LogP contribution in [0, 0.1) is 0 Å². The molecule has 1 atom stereocenters. The van der Waals surface area contributed by atoms with Gasteiger partial charge in [-0.15, -0.1) is 12.4 Å². The van der Waals surface area contributed by atoms with Gasteiger partial charge in [0.15, 0.2) is 5.75 Å². The number of likely N-dealkylation sites (N-methyl/N-ethyl adjacent to an activating group) is 1. The molecule has 0 amide bonds. The largest absolute Gasteiger partial charge is 0.454 e. The number of halogens is 2. The second kappa shape index (κ2) is 7.01. The van der Waals surface area contributed by atoms with E-state index in [2.05, 4.69) is 27.9 Å². The first-order valence-corrected chi connectivity index (χ1v) is 8.19. The van der Waals surface area contributed by atoms with Gasteiger partial charge in [0.1, 0.15) is 16.9 Å². The molecule has 1 fully saturated rings. The zero-order chi connectivity index (χ0) is 15.8. The monoisotopic (exact) mass is 363 g/mol. The Morgan fingerprint density at radius 2 is 1.88 bits per heavy atom. The van der Waals surface area contributed by atoms with Crippen LogP contribution in [0.25, 0.3) is 0 Å². The number of fused-ring (bicyclic) bond motifs is 2. The van der Waals surface area contributed by atoms with Crippen LogP contribution in [0.1, 0.15) is 5.56 Å². The molecule has 0 aromatic heterocycles. The average Bonchev–Trinajstić information content (AvgIpc) is 2.74. The highest BCUT2D eigenvalue weighted by Gasteiger charge is 2.26. The predicted octanol–water partition coefficient (Wildman–Crippen LogP) is 4.28. The zero-order valence-electron chi connectivity index (χ0n) is 13.4. The lowest BCUT2D eigenvalue weighted by atomic mass is 10.1. The molecule has 4 nitrogen and oxygen atoms in total. The van der Waals surface area contributed by atoms with Gasteiger partial charge in [-0.25, -0.2) is 0 Å². The van der Waals surface area contributed by atoms with Crippen molar-refractivity contribution in [1.29, 1.82) is 0 Å². The van der Waals surface area contributed by atoms with Crippen molar-refractivity contribution in [2.75, 3.05) is 31.6 Å². The average molecular weight is 364 g/mol. The molecule has 0 spiro atoms. The zero-order valence-corrected chi connectivity index (χ0v) is 14.9. The fraction of sp³-hybridized carbons (Fsp3) is 0.278. The minimum atomic E-state index is -0.0562. The maximum absolute atomic E-state index is 6.58. The van der Waals surface area contributed by atoms with Gasteiger partial charge in [-0.2, -0.15) is 0 Å². The first-order chi connectivity index (χ1) is 11.2. The maximum atomic E-state index is 6.58. The van der Waals surface area contributed by atoms with Crippen molar-refractivity contribution < 1.29 is 4.74 Å². The fourth-order valence-corrected chi connectivity index (χ4v) is 3.48. The number of rotatable bonds is 1. The Balaban J connectivity index is 0.00000169. The van der Waals surface area contributed by atoms with Crippen molar-refractivity contribution in [2.45, 2.75) is 5.50 Å². The Morgan fingerprint density at radius 1 is 1.08 bits per heavy atom. The predicted molar refractivity (Wildman–Crippen MR) is 102 cm³/mol. The lowest BCUT2D eigenvalue weighted by molar-refractivity contribution is 0.299. The van der Waals surface area contributed by atoms with Crippen LogP contribution in [0.15, 0.2) is 47.5 Å². The van der Waals surface area contributed by atoms with E-state index in [1.165, 1.54) is 0 Å². The van der Waals surface area contributed by atoms with Crippen LogP contribution >= 0.6 is 24.0 Å². The Labute approximate surface area is 153 Å². The number of hydrogen-bond donors (Lipinski definition) is 0. The van der Waals surface area contributed by atoms with E-state index in [0.717, 1.165) is 48.1 Å². The van der Waals surface area contributed by atoms with Gasteiger partial charge in [-0.05, 0) is 31.3 Å². The summed E-state index contributed by atoms with van der Waals surface area (Å²) in [4.78, 5) is 9.07. The van der Waals surface area contributed by atoms with Gasteiger partial charge in [0.2, 0.25) is 0 Å². The van der Waals surface area contributed by atoms with Crippen LogP contribution in [0.5, 0.6) is 11.5 Å². The number of nitrogens with zero attached hydrogens (tertiary/aromatic N) is 3. The quantitative estimate of drug-likeness (QED) is 0.477. The second-order valence-electron chi connectivity index (χ2n) is 5.91. The van der Waals surface area contributed by atoms with E-state index >= 15 is 0 Å². The summed E-state index contributed by atoms with van der Waals surface area (Å²) in [7, 11) is 2.10. The first-order valence-electron chi connectivity index (χ1n) is 7.75. The van der Waals surface area contributed by atoms with E-state index in [9.17, 15) is 0 Å². The van der Waals surface area contributed by atoms with Crippen LogP contribution in [0.3, 0.4) is 0 Å². The van der Waals surface area contributed by atoms with E-state index in [1.54, 1.807) is 0 Å². The van der Waals surface area contributed by atoms with Gasteiger partial charge < -0.3 is 14.5 Å². The van der Waals surface area contributed by atoms with Gasteiger partial charge in [-0.3, -0.25) is 4.99 Å². The van der Waals surface area contributed by atoms with Crippen LogP contribution in [0.2, 0.25) is 0 Å². The van der Waals surface area contributed by atoms with Crippen molar-refractivity contribution in [3.05, 3.63) is 48.0 Å². The number of ether oxygens (including phenoxy) is 1. The third-order valence-corrected chi connectivity index (χ3v) is 4.67. The van der Waals surface area contributed by atoms with Gasteiger partial charge in [0.25, 0.3) is 0 Å². The second-order valence-corrected chi connectivity index (χ2v) is 6.41. The van der Waals surface area contributed by atoms with Crippen molar-refractivity contribution in [1.82, 2.24) is 4.90 Å². The summed E-state index contributed by atoms with van der Waals surface area (Å²) in [5.41, 5.74) is 2.85. The molecule has 2 aromatic carbocycles. The summed E-state index contributed by atoms with van der Waals surface area (Å²) in [5.74, 6) is 1.60. The molecule has 0 saturated carbocycles. The SMILES string of the molecule is CN1CCN(c2cccc3c2C=Nc2ccccc2O3)C(Cl)C1.Cl. The van der Waals surface area contributed by atoms with Gasteiger partial charge >= 0.3 is 0 Å². The Kier molecular flexibility index (Phi) is 4.99. The van der Waals surface area contributed by atoms with Gasteiger partial charge in [0, 0.05) is 25.8 Å². The number of para-hydroxylation sites is 2. The fourth-order valence-electron chi connectivity index (χ4n) is 3.04. The summed E-state index contributed by atoms with van der Waals surface area (Å²) in [6, 6.07) is 13.9. The highest BCUT2D eigenvalue weighted by molar-refractivity contribution is 6.22. The van der Waals surface area contributed by atoms with Crippen molar-refractivity contribution >= 4 is 41.6 Å². The van der Waals surface area contributed by atoms with E-state index in [-0.39, 0.29) is 17.9 Å². The van der Waals surface area contributed by atoms with E-state index in [1.807, 2.05) is 42.6 Å². The number of alkyl halides is 1. The molecule has 0 N–H and O–H groups in total. The number of piperazine rings is 1. The molecule has 126 valence electrons. The number of anilines is 1.